The fourth-order valence-electron chi connectivity index (χ4n) is 4.77. The van der Waals surface area contributed by atoms with Gasteiger partial charge < -0.3 is 9.47 Å². The summed E-state index contributed by atoms with van der Waals surface area (Å²) in [5.41, 5.74) is 1.34. The van der Waals surface area contributed by atoms with Gasteiger partial charge in [0, 0.05) is 6.54 Å². The van der Waals surface area contributed by atoms with Crippen molar-refractivity contribution >= 4 is 5.71 Å². The van der Waals surface area contributed by atoms with Gasteiger partial charge in [0.15, 0.2) is 0 Å². The van der Waals surface area contributed by atoms with Crippen LogP contribution in [0.4, 0.5) is 0 Å². The van der Waals surface area contributed by atoms with Gasteiger partial charge in [-0.05, 0) is 19.5 Å². The van der Waals surface area contributed by atoms with Crippen LogP contribution in [0.5, 0.6) is 0 Å². The van der Waals surface area contributed by atoms with E-state index in [-0.39, 0.29) is 17.1 Å². The number of ether oxygens (including phenoxy) is 2. The zero-order chi connectivity index (χ0) is 14.1. The van der Waals surface area contributed by atoms with Gasteiger partial charge >= 0.3 is 0 Å². The zero-order valence-corrected chi connectivity index (χ0v) is 12.4. The second kappa shape index (κ2) is 3.97. The summed E-state index contributed by atoms with van der Waals surface area (Å²) in [5, 5.41) is 7.21. The summed E-state index contributed by atoms with van der Waals surface area (Å²) in [4.78, 5) is 2.40. The van der Waals surface area contributed by atoms with Crippen molar-refractivity contribution in [2.24, 2.45) is 10.5 Å². The van der Waals surface area contributed by atoms with Crippen molar-refractivity contribution in [3.63, 3.8) is 0 Å². The Labute approximate surface area is 124 Å². The summed E-state index contributed by atoms with van der Waals surface area (Å²) in [5.74, 6) is 0. The number of hydrogen-bond acceptors (Lipinski definition) is 5. The molecule has 0 bridgehead atoms. The monoisotopic (exact) mass is 287 g/mol. The highest BCUT2D eigenvalue weighted by Crippen LogP contribution is 2.69. The summed E-state index contributed by atoms with van der Waals surface area (Å²) < 4.78 is 12.0. The van der Waals surface area contributed by atoms with E-state index in [1.54, 1.807) is 0 Å². The van der Waals surface area contributed by atoms with Crippen molar-refractivity contribution in [1.29, 1.82) is 0 Å². The van der Waals surface area contributed by atoms with Gasteiger partial charge in [-0.1, -0.05) is 18.2 Å². The quantitative estimate of drug-likeness (QED) is 0.709. The number of rotatable bonds is 1. The molecule has 1 saturated carbocycles. The Bertz CT molecular complexity index is 572. The number of morpholine rings is 2. The molecule has 3 heterocycles. The van der Waals surface area contributed by atoms with Crippen LogP contribution in [0.25, 0.3) is 0 Å². The standard InChI is InChI=1S/C16H21N3O2/c1-18-6-8-20-10-12(18)14-16-11-15(16)5-3-2-4-13(15)17-19(16)7-9-21-14/h2-5,12,14H,6-11H2,1H3/t12-,14-,15?,16?/m0/s1. The predicted octanol–water partition coefficient (Wildman–Crippen LogP) is 0.642. The number of hydrogen-bond donors (Lipinski definition) is 0. The molecule has 5 rings (SSSR count). The third kappa shape index (κ3) is 1.35. The molecule has 3 aliphatic heterocycles. The minimum atomic E-state index is 0.0292. The van der Waals surface area contributed by atoms with E-state index in [9.17, 15) is 0 Å². The Morgan fingerprint density at radius 2 is 2.24 bits per heavy atom. The molecule has 5 heteroatoms. The van der Waals surface area contributed by atoms with Crippen LogP contribution in [0.2, 0.25) is 0 Å². The Hall–Kier alpha value is -1.17. The lowest BCUT2D eigenvalue weighted by Gasteiger charge is -2.46. The van der Waals surface area contributed by atoms with E-state index in [0.717, 1.165) is 39.3 Å². The summed E-state index contributed by atoms with van der Waals surface area (Å²) in [6.07, 6.45) is 10.1. The lowest BCUT2D eigenvalue weighted by Crippen LogP contribution is -2.62. The Kier molecular flexibility index (Phi) is 2.34. The minimum Gasteiger partial charge on any atom is -0.378 e. The molecule has 2 unspecified atom stereocenters. The van der Waals surface area contributed by atoms with E-state index < -0.39 is 0 Å². The Balaban J connectivity index is 1.54. The molecule has 2 spiro atoms. The number of likely N-dealkylation sites (N-methyl/N-ethyl adjacent to an activating group) is 1. The molecule has 0 amide bonds. The summed E-state index contributed by atoms with van der Waals surface area (Å²) in [7, 11) is 2.19. The van der Waals surface area contributed by atoms with Crippen molar-refractivity contribution < 1.29 is 9.47 Å². The van der Waals surface area contributed by atoms with Crippen molar-refractivity contribution in [2.75, 3.05) is 40.0 Å². The molecule has 0 aromatic heterocycles. The lowest BCUT2D eigenvalue weighted by molar-refractivity contribution is -0.144. The molecular weight excluding hydrogens is 266 g/mol. The van der Waals surface area contributed by atoms with Crippen molar-refractivity contribution in [2.45, 2.75) is 24.1 Å². The van der Waals surface area contributed by atoms with Crippen LogP contribution in [-0.4, -0.2) is 73.3 Å². The molecular formula is C16H21N3O2. The van der Waals surface area contributed by atoms with E-state index in [1.165, 1.54) is 5.71 Å². The number of hydrazone groups is 1. The molecule has 2 saturated heterocycles. The van der Waals surface area contributed by atoms with Crippen LogP contribution >= 0.6 is 0 Å². The van der Waals surface area contributed by atoms with Gasteiger partial charge in [-0.15, -0.1) is 0 Å². The highest BCUT2D eigenvalue weighted by atomic mass is 16.5. The third-order valence-electron chi connectivity index (χ3n) is 5.95. The molecule has 0 radical (unpaired) electrons. The van der Waals surface area contributed by atoms with Crippen LogP contribution in [-0.2, 0) is 9.47 Å². The largest absolute Gasteiger partial charge is 0.378 e. The normalized spacial score (nSPS) is 47.7. The lowest BCUT2D eigenvalue weighted by atomic mass is 9.85. The molecule has 2 aliphatic carbocycles. The second-order valence-electron chi connectivity index (χ2n) is 6.81. The van der Waals surface area contributed by atoms with E-state index >= 15 is 0 Å². The molecule has 5 nitrogen and oxygen atoms in total. The Morgan fingerprint density at radius 1 is 1.29 bits per heavy atom. The van der Waals surface area contributed by atoms with Gasteiger partial charge in [0.05, 0.1) is 43.5 Å². The summed E-state index contributed by atoms with van der Waals surface area (Å²) in [6, 6.07) is 0.329. The molecule has 112 valence electrons. The van der Waals surface area contributed by atoms with Crippen molar-refractivity contribution in [3.05, 3.63) is 24.3 Å². The zero-order valence-electron chi connectivity index (χ0n) is 12.4. The number of nitrogens with zero attached hydrogens (tertiary/aromatic N) is 3. The maximum atomic E-state index is 6.30. The van der Waals surface area contributed by atoms with Gasteiger partial charge in [-0.3, -0.25) is 9.91 Å². The number of allylic oxidation sites excluding steroid dienone is 3. The van der Waals surface area contributed by atoms with Crippen LogP contribution in [0.3, 0.4) is 0 Å². The van der Waals surface area contributed by atoms with Crippen molar-refractivity contribution in [3.8, 4) is 0 Å². The average molecular weight is 287 g/mol. The van der Waals surface area contributed by atoms with Gasteiger partial charge in [-0.2, -0.15) is 5.10 Å². The maximum absolute atomic E-state index is 6.30. The van der Waals surface area contributed by atoms with Crippen LogP contribution < -0.4 is 0 Å². The fraction of sp³-hybridized carbons (Fsp3) is 0.688. The van der Waals surface area contributed by atoms with Gasteiger partial charge in [0.2, 0.25) is 0 Å². The first-order valence-corrected chi connectivity index (χ1v) is 7.90. The molecule has 0 aromatic carbocycles. The Morgan fingerprint density at radius 3 is 3.14 bits per heavy atom. The topological polar surface area (TPSA) is 37.3 Å². The highest BCUT2D eigenvalue weighted by Gasteiger charge is 2.80. The second-order valence-corrected chi connectivity index (χ2v) is 6.81. The van der Waals surface area contributed by atoms with Gasteiger partial charge in [0.1, 0.15) is 11.6 Å². The fourth-order valence-corrected chi connectivity index (χ4v) is 4.77. The van der Waals surface area contributed by atoms with E-state index in [1.807, 2.05) is 0 Å². The third-order valence-corrected chi connectivity index (χ3v) is 5.95. The van der Waals surface area contributed by atoms with Crippen LogP contribution in [0.15, 0.2) is 29.4 Å². The smallest absolute Gasteiger partial charge is 0.102 e. The average Bonchev–Trinajstić information content (AvgIpc) is 3.05. The minimum absolute atomic E-state index is 0.0292. The summed E-state index contributed by atoms with van der Waals surface area (Å²) in [6.45, 7) is 4.24. The molecule has 0 aromatic rings. The molecule has 0 N–H and O–H groups in total. The predicted molar refractivity (Wildman–Crippen MR) is 79.2 cm³/mol. The first kappa shape index (κ1) is 12.4. The molecule has 21 heavy (non-hydrogen) atoms. The highest BCUT2D eigenvalue weighted by molar-refractivity contribution is 6.08. The maximum Gasteiger partial charge on any atom is 0.102 e. The first-order chi connectivity index (χ1) is 10.3. The molecule has 3 fully saturated rings. The van der Waals surface area contributed by atoms with Crippen LogP contribution in [0, 0.1) is 5.41 Å². The van der Waals surface area contributed by atoms with Gasteiger partial charge in [-0.25, -0.2) is 0 Å². The van der Waals surface area contributed by atoms with E-state index in [2.05, 4.69) is 41.3 Å². The molecule has 4 atom stereocenters. The van der Waals surface area contributed by atoms with E-state index in [0.29, 0.717) is 6.04 Å². The van der Waals surface area contributed by atoms with Crippen molar-refractivity contribution in [1.82, 2.24) is 9.91 Å². The van der Waals surface area contributed by atoms with E-state index in [4.69, 9.17) is 14.6 Å². The first-order valence-electron chi connectivity index (χ1n) is 7.90. The van der Waals surface area contributed by atoms with Crippen LogP contribution in [0.1, 0.15) is 6.42 Å². The SMILES string of the molecule is CN1CCOC[C@H]1[C@@H]1OCCN2N=C3C=CC=CC34CC124. The summed E-state index contributed by atoms with van der Waals surface area (Å²) >= 11 is 0. The molecule has 5 aliphatic rings. The van der Waals surface area contributed by atoms with Gasteiger partial charge in [0.25, 0.3) is 0 Å².